The number of nitrogens with zero attached hydrogens (tertiary/aromatic N) is 6. The van der Waals surface area contributed by atoms with Crippen LogP contribution in [0, 0.1) is 11.3 Å². The second kappa shape index (κ2) is 11.2. The lowest BCUT2D eigenvalue weighted by Gasteiger charge is -2.33. The zero-order chi connectivity index (χ0) is 27.4. The molecule has 0 atom stereocenters. The Kier molecular flexibility index (Phi) is 7.52. The van der Waals surface area contributed by atoms with Crippen LogP contribution in [-0.4, -0.2) is 62.5 Å². The molecule has 0 aliphatic carbocycles. The molecule has 202 valence electrons. The Balaban J connectivity index is 1.28. The minimum absolute atomic E-state index is 0.117. The van der Waals surface area contributed by atoms with Crippen LogP contribution in [-0.2, 0) is 0 Å². The number of aliphatic hydroxyl groups is 1. The second-order valence-corrected chi connectivity index (χ2v) is 10.1. The lowest BCUT2D eigenvalue weighted by molar-refractivity contribution is 0.0285. The molecule has 1 fully saturated rings. The average molecular weight is 529 g/mol. The topological polar surface area (TPSA) is 118 Å². The van der Waals surface area contributed by atoms with Gasteiger partial charge in [-0.3, -0.25) is 4.40 Å². The van der Waals surface area contributed by atoms with Crippen molar-refractivity contribution in [3.8, 4) is 34.7 Å². The second-order valence-electron chi connectivity index (χ2n) is 10.1. The Bertz CT molecular complexity index is 1450. The third-order valence-corrected chi connectivity index (χ3v) is 6.40. The first kappa shape index (κ1) is 26.3. The van der Waals surface area contributed by atoms with Crippen molar-refractivity contribution < 1.29 is 19.3 Å². The molecule has 0 unspecified atom stereocenters. The Labute approximate surface area is 227 Å². The first-order valence-corrected chi connectivity index (χ1v) is 13.1. The zero-order valence-corrected chi connectivity index (χ0v) is 22.4. The Morgan fingerprint density at radius 3 is 2.46 bits per heavy atom. The van der Waals surface area contributed by atoms with E-state index in [0.29, 0.717) is 29.6 Å². The molecular formula is C29H32N6O4. The minimum Gasteiger partial charge on any atom is -0.490 e. The van der Waals surface area contributed by atoms with Crippen molar-refractivity contribution in [1.29, 1.82) is 5.26 Å². The molecule has 1 saturated heterocycles. The van der Waals surface area contributed by atoms with Crippen molar-refractivity contribution in [2.24, 2.45) is 0 Å². The maximum Gasteiger partial charge on any atom is 0.213 e. The van der Waals surface area contributed by atoms with Crippen LogP contribution in [0.5, 0.6) is 17.4 Å². The van der Waals surface area contributed by atoms with Crippen LogP contribution in [0.4, 0.5) is 5.82 Å². The molecule has 0 spiro atoms. The summed E-state index contributed by atoms with van der Waals surface area (Å²) >= 11 is 0. The van der Waals surface area contributed by atoms with Crippen molar-refractivity contribution in [2.45, 2.75) is 45.3 Å². The average Bonchev–Trinajstić information content (AvgIpc) is 3.36. The van der Waals surface area contributed by atoms with Crippen molar-refractivity contribution in [3.63, 3.8) is 0 Å². The van der Waals surface area contributed by atoms with E-state index in [9.17, 15) is 10.4 Å². The standard InChI is InChI=1S/C29H32N6O4/c1-4-37-28-8-6-23(18-33-28)39-22-9-11-34(12-10-22)26-7-5-20(16-31-26)25-13-24(38-19-29(2,3)36)14-27-32-17-21(15-30)35(25)27/h5-8,13-14,16-18,22,36H,4,9-12,19H2,1-3H3. The van der Waals surface area contributed by atoms with Crippen LogP contribution >= 0.6 is 0 Å². The molecule has 1 aliphatic rings. The molecule has 4 aromatic heterocycles. The van der Waals surface area contributed by atoms with Gasteiger partial charge < -0.3 is 24.2 Å². The number of ether oxygens (including phenoxy) is 3. The highest BCUT2D eigenvalue weighted by Crippen LogP contribution is 2.30. The highest BCUT2D eigenvalue weighted by Gasteiger charge is 2.22. The molecule has 0 amide bonds. The fourth-order valence-corrected chi connectivity index (χ4v) is 4.51. The molecule has 10 heteroatoms. The smallest absolute Gasteiger partial charge is 0.213 e. The van der Waals surface area contributed by atoms with Crippen molar-refractivity contribution in [1.82, 2.24) is 19.4 Å². The number of nitriles is 1. The van der Waals surface area contributed by atoms with Gasteiger partial charge in [-0.1, -0.05) is 0 Å². The number of fused-ring (bicyclic) bond motifs is 1. The highest BCUT2D eigenvalue weighted by atomic mass is 16.5. The van der Waals surface area contributed by atoms with Gasteiger partial charge in [0.25, 0.3) is 0 Å². The van der Waals surface area contributed by atoms with Gasteiger partial charge in [-0.15, -0.1) is 0 Å². The maximum absolute atomic E-state index is 10.1. The summed E-state index contributed by atoms with van der Waals surface area (Å²) in [5.41, 5.74) is 1.59. The monoisotopic (exact) mass is 528 g/mol. The first-order valence-electron chi connectivity index (χ1n) is 13.1. The van der Waals surface area contributed by atoms with E-state index in [4.69, 9.17) is 19.2 Å². The van der Waals surface area contributed by atoms with Crippen LogP contribution in [0.3, 0.4) is 0 Å². The van der Waals surface area contributed by atoms with E-state index in [0.717, 1.165) is 48.8 Å². The number of imidazole rings is 1. The van der Waals surface area contributed by atoms with Gasteiger partial charge in [0.15, 0.2) is 0 Å². The van der Waals surface area contributed by atoms with E-state index in [1.54, 1.807) is 36.7 Å². The minimum atomic E-state index is -0.980. The van der Waals surface area contributed by atoms with E-state index in [2.05, 4.69) is 20.9 Å². The van der Waals surface area contributed by atoms with Crippen LogP contribution in [0.15, 0.2) is 55.0 Å². The molecule has 5 heterocycles. The molecule has 4 aromatic rings. The number of aromatic nitrogens is 4. The summed E-state index contributed by atoms with van der Waals surface area (Å²) in [4.78, 5) is 15.6. The Morgan fingerprint density at radius 1 is 1.00 bits per heavy atom. The number of hydrogen-bond acceptors (Lipinski definition) is 9. The SMILES string of the molecule is CCOc1ccc(OC2CCN(c3ccc(-c4cc(OCC(C)(C)O)cc5ncc(C#N)n45)cn3)CC2)cn1. The summed E-state index contributed by atoms with van der Waals surface area (Å²) in [7, 11) is 0. The summed E-state index contributed by atoms with van der Waals surface area (Å²) in [5.74, 6) is 2.79. The van der Waals surface area contributed by atoms with E-state index in [-0.39, 0.29) is 12.7 Å². The lowest BCUT2D eigenvalue weighted by Crippen LogP contribution is -2.38. The largest absolute Gasteiger partial charge is 0.490 e. The third kappa shape index (κ3) is 6.21. The first-order chi connectivity index (χ1) is 18.8. The molecule has 1 N–H and O–H groups in total. The van der Waals surface area contributed by atoms with Crippen LogP contribution in [0.2, 0.25) is 0 Å². The molecule has 10 nitrogen and oxygen atoms in total. The van der Waals surface area contributed by atoms with E-state index in [1.165, 1.54) is 6.20 Å². The van der Waals surface area contributed by atoms with Gasteiger partial charge in [-0.25, -0.2) is 15.0 Å². The van der Waals surface area contributed by atoms with Gasteiger partial charge >= 0.3 is 0 Å². The maximum atomic E-state index is 10.1. The normalized spacial score (nSPS) is 14.3. The molecule has 0 bridgehead atoms. The summed E-state index contributed by atoms with van der Waals surface area (Å²) in [6.07, 6.45) is 6.91. The zero-order valence-electron chi connectivity index (χ0n) is 22.4. The fourth-order valence-electron chi connectivity index (χ4n) is 4.51. The molecule has 1 aliphatic heterocycles. The quantitative estimate of drug-likeness (QED) is 0.340. The molecular weight excluding hydrogens is 496 g/mol. The third-order valence-electron chi connectivity index (χ3n) is 6.40. The predicted molar refractivity (Wildman–Crippen MR) is 146 cm³/mol. The van der Waals surface area contributed by atoms with Gasteiger partial charge in [-0.05, 0) is 39.0 Å². The lowest BCUT2D eigenvalue weighted by atomic mass is 10.1. The summed E-state index contributed by atoms with van der Waals surface area (Å²) in [5, 5.41) is 19.7. The van der Waals surface area contributed by atoms with Crippen molar-refractivity contribution in [2.75, 3.05) is 31.2 Å². The summed E-state index contributed by atoms with van der Waals surface area (Å²) in [6, 6.07) is 13.5. The highest BCUT2D eigenvalue weighted by molar-refractivity contribution is 5.68. The molecule has 0 saturated carbocycles. The van der Waals surface area contributed by atoms with Crippen LogP contribution in [0.1, 0.15) is 39.3 Å². The van der Waals surface area contributed by atoms with Crippen molar-refractivity contribution in [3.05, 3.63) is 60.7 Å². The van der Waals surface area contributed by atoms with Crippen LogP contribution in [0.25, 0.3) is 16.9 Å². The van der Waals surface area contributed by atoms with Crippen LogP contribution < -0.4 is 19.1 Å². The molecule has 0 radical (unpaired) electrons. The predicted octanol–water partition coefficient (Wildman–Crippen LogP) is 4.26. The van der Waals surface area contributed by atoms with Crippen molar-refractivity contribution >= 4 is 11.5 Å². The van der Waals surface area contributed by atoms with Gasteiger partial charge in [0.2, 0.25) is 5.88 Å². The van der Waals surface area contributed by atoms with Gasteiger partial charge in [0.05, 0.1) is 30.3 Å². The van der Waals surface area contributed by atoms with Gasteiger partial charge in [0.1, 0.15) is 47.4 Å². The number of rotatable bonds is 9. The van der Waals surface area contributed by atoms with Gasteiger partial charge in [-0.2, -0.15) is 5.26 Å². The Hall–Kier alpha value is -4.36. The molecule has 39 heavy (non-hydrogen) atoms. The number of pyridine rings is 3. The summed E-state index contributed by atoms with van der Waals surface area (Å²) < 4.78 is 19.1. The number of hydrogen-bond donors (Lipinski definition) is 1. The van der Waals surface area contributed by atoms with E-state index >= 15 is 0 Å². The fraction of sp³-hybridized carbons (Fsp3) is 0.379. The number of piperidine rings is 1. The van der Waals surface area contributed by atoms with E-state index in [1.807, 2.05) is 37.3 Å². The Morgan fingerprint density at radius 2 is 1.82 bits per heavy atom. The van der Waals surface area contributed by atoms with Gasteiger partial charge in [0, 0.05) is 55.9 Å². The molecule has 5 rings (SSSR count). The molecule has 0 aromatic carbocycles. The summed E-state index contributed by atoms with van der Waals surface area (Å²) in [6.45, 7) is 7.66. The van der Waals surface area contributed by atoms with E-state index < -0.39 is 5.60 Å². The number of anilines is 1.